The Bertz CT molecular complexity index is 951. The molecule has 6 heteroatoms. The molecule has 2 amide bonds. The van der Waals surface area contributed by atoms with E-state index in [9.17, 15) is 9.59 Å². The molecule has 29 heavy (non-hydrogen) atoms. The smallest absolute Gasteiger partial charge is 0.255 e. The molecule has 152 valence electrons. The first-order valence-corrected chi connectivity index (χ1v) is 10.5. The van der Waals surface area contributed by atoms with Gasteiger partial charge in [-0.3, -0.25) is 9.59 Å². The lowest BCUT2D eigenvalue weighted by atomic mass is 9.96. The number of hydrogen-bond donors (Lipinski definition) is 1. The highest BCUT2D eigenvalue weighted by Gasteiger charge is 2.28. The molecule has 2 fully saturated rings. The number of carbonyl (C=O) groups excluding carboxylic acids is 2. The summed E-state index contributed by atoms with van der Waals surface area (Å²) < 4.78 is 0. The van der Waals surface area contributed by atoms with E-state index in [4.69, 9.17) is 11.6 Å². The fourth-order valence-electron chi connectivity index (χ4n) is 4.31. The van der Waals surface area contributed by atoms with Crippen molar-refractivity contribution in [1.29, 1.82) is 0 Å². The highest BCUT2D eigenvalue weighted by Crippen LogP contribution is 2.29. The van der Waals surface area contributed by atoms with Gasteiger partial charge in [-0.15, -0.1) is 0 Å². The lowest BCUT2D eigenvalue weighted by molar-refractivity contribution is -0.120. The molecule has 0 saturated carbocycles. The summed E-state index contributed by atoms with van der Waals surface area (Å²) in [7, 11) is 0. The third kappa shape index (κ3) is 3.97. The van der Waals surface area contributed by atoms with Crippen LogP contribution in [0.15, 0.2) is 36.4 Å². The number of amides is 2. The number of anilines is 1. The first-order valence-electron chi connectivity index (χ1n) is 10.1. The Labute approximate surface area is 176 Å². The highest BCUT2D eigenvalue weighted by molar-refractivity contribution is 6.34. The number of rotatable bonds is 3. The van der Waals surface area contributed by atoms with Gasteiger partial charge < -0.3 is 15.1 Å². The van der Waals surface area contributed by atoms with Crippen LogP contribution in [0.25, 0.3) is 0 Å². The predicted molar refractivity (Wildman–Crippen MR) is 116 cm³/mol. The van der Waals surface area contributed by atoms with Crippen molar-refractivity contribution in [3.05, 3.63) is 63.7 Å². The van der Waals surface area contributed by atoms with Crippen molar-refractivity contribution in [1.82, 2.24) is 10.2 Å². The largest absolute Gasteiger partial charge is 0.368 e. The maximum absolute atomic E-state index is 13.0. The molecule has 0 aliphatic carbocycles. The van der Waals surface area contributed by atoms with Crippen LogP contribution < -0.4 is 10.2 Å². The molecule has 0 aromatic heterocycles. The van der Waals surface area contributed by atoms with Crippen LogP contribution in [0.1, 0.15) is 39.4 Å². The summed E-state index contributed by atoms with van der Waals surface area (Å²) in [5.74, 6) is -0.182. The van der Waals surface area contributed by atoms with E-state index in [1.807, 2.05) is 11.0 Å². The third-order valence-electron chi connectivity index (χ3n) is 5.93. The van der Waals surface area contributed by atoms with Crippen LogP contribution in [0.4, 0.5) is 5.69 Å². The third-order valence-corrected chi connectivity index (χ3v) is 6.25. The maximum atomic E-state index is 13.0. The molecule has 5 nitrogen and oxygen atoms in total. The van der Waals surface area contributed by atoms with Gasteiger partial charge in [0.05, 0.1) is 16.5 Å². The quantitative estimate of drug-likeness (QED) is 0.840. The van der Waals surface area contributed by atoms with Crippen molar-refractivity contribution >= 4 is 29.1 Å². The lowest BCUT2D eigenvalue weighted by Gasteiger charge is -2.37. The fourth-order valence-corrected chi connectivity index (χ4v) is 4.58. The van der Waals surface area contributed by atoms with Crippen LogP contribution in [0, 0.1) is 13.8 Å². The Morgan fingerprint density at radius 2 is 1.83 bits per heavy atom. The number of benzene rings is 2. The van der Waals surface area contributed by atoms with Crippen LogP contribution in [-0.4, -0.2) is 49.4 Å². The SMILES string of the molecule is Cc1ccc(N2CCN(C(=O)c3ccc(C4CCNC4=O)cc3Cl)CC2)c(C)c1. The molecule has 4 rings (SSSR count). The number of halogens is 1. The first kappa shape index (κ1) is 19.8. The van der Waals surface area contributed by atoms with E-state index >= 15 is 0 Å². The van der Waals surface area contributed by atoms with Crippen molar-refractivity contribution in [2.24, 2.45) is 0 Å². The molecular formula is C23H26ClN3O2. The average molecular weight is 412 g/mol. The van der Waals surface area contributed by atoms with Crippen molar-refractivity contribution in [3.8, 4) is 0 Å². The summed E-state index contributed by atoms with van der Waals surface area (Å²) >= 11 is 6.44. The van der Waals surface area contributed by atoms with E-state index in [0.717, 1.165) is 25.1 Å². The molecule has 0 radical (unpaired) electrons. The molecule has 1 atom stereocenters. The number of carbonyl (C=O) groups is 2. The number of nitrogens with one attached hydrogen (secondary N) is 1. The second kappa shape index (κ2) is 8.07. The molecule has 2 saturated heterocycles. The Morgan fingerprint density at radius 3 is 2.45 bits per heavy atom. The van der Waals surface area contributed by atoms with Crippen molar-refractivity contribution in [2.75, 3.05) is 37.6 Å². The van der Waals surface area contributed by atoms with Crippen LogP contribution in [-0.2, 0) is 4.79 Å². The molecular weight excluding hydrogens is 386 g/mol. The van der Waals surface area contributed by atoms with Gasteiger partial charge in [0.2, 0.25) is 5.91 Å². The van der Waals surface area contributed by atoms with Gasteiger partial charge in [0, 0.05) is 38.4 Å². The number of piperazine rings is 1. The summed E-state index contributed by atoms with van der Waals surface area (Å²) in [5.41, 5.74) is 5.14. The lowest BCUT2D eigenvalue weighted by Crippen LogP contribution is -2.49. The molecule has 2 heterocycles. The Hall–Kier alpha value is -2.53. The Kier molecular flexibility index (Phi) is 5.50. The molecule has 2 aromatic carbocycles. The van der Waals surface area contributed by atoms with Crippen LogP contribution in [0.3, 0.4) is 0 Å². The monoisotopic (exact) mass is 411 g/mol. The van der Waals surface area contributed by atoms with Crippen molar-refractivity contribution in [3.63, 3.8) is 0 Å². The van der Waals surface area contributed by atoms with Gasteiger partial charge in [-0.05, 0) is 49.6 Å². The van der Waals surface area contributed by atoms with Crippen molar-refractivity contribution < 1.29 is 9.59 Å². The first-order chi connectivity index (χ1) is 13.9. The normalized spacial score (nSPS) is 19.4. The minimum Gasteiger partial charge on any atom is -0.368 e. The number of nitrogens with zero attached hydrogens (tertiary/aromatic N) is 2. The van der Waals surface area contributed by atoms with E-state index < -0.39 is 0 Å². The van der Waals surface area contributed by atoms with Gasteiger partial charge >= 0.3 is 0 Å². The second-order valence-corrected chi connectivity index (χ2v) is 8.35. The summed E-state index contributed by atoms with van der Waals surface area (Å²) in [5, 5.41) is 3.26. The summed E-state index contributed by atoms with van der Waals surface area (Å²) in [4.78, 5) is 29.1. The fraction of sp³-hybridized carbons (Fsp3) is 0.391. The molecule has 0 spiro atoms. The van der Waals surface area contributed by atoms with Crippen LogP contribution >= 0.6 is 11.6 Å². The number of aryl methyl sites for hydroxylation is 2. The van der Waals surface area contributed by atoms with E-state index in [-0.39, 0.29) is 17.7 Å². The van der Waals surface area contributed by atoms with E-state index in [1.165, 1.54) is 16.8 Å². The standard InChI is InChI=1S/C23H26ClN3O2/c1-15-3-6-21(16(2)13-15)26-9-11-27(12-10-26)23(29)19-5-4-17(14-20(19)24)18-7-8-25-22(18)28/h3-6,13-14,18H,7-12H2,1-2H3,(H,25,28). The second-order valence-electron chi connectivity index (χ2n) is 7.94. The molecule has 2 aliphatic rings. The zero-order chi connectivity index (χ0) is 20.5. The van der Waals surface area contributed by atoms with Crippen LogP contribution in [0.2, 0.25) is 5.02 Å². The topological polar surface area (TPSA) is 52.6 Å². The Balaban J connectivity index is 1.43. The zero-order valence-corrected chi connectivity index (χ0v) is 17.6. The van der Waals surface area contributed by atoms with Gasteiger partial charge in [-0.25, -0.2) is 0 Å². The minimum absolute atomic E-state index is 0.0302. The minimum atomic E-state index is -0.169. The van der Waals surface area contributed by atoms with Crippen LogP contribution in [0.5, 0.6) is 0 Å². The number of hydrogen-bond acceptors (Lipinski definition) is 3. The van der Waals surface area contributed by atoms with E-state index in [1.54, 1.807) is 12.1 Å². The maximum Gasteiger partial charge on any atom is 0.255 e. The van der Waals surface area contributed by atoms with Crippen molar-refractivity contribution in [2.45, 2.75) is 26.2 Å². The Morgan fingerprint density at radius 1 is 1.07 bits per heavy atom. The molecule has 0 bridgehead atoms. The van der Waals surface area contributed by atoms with Gasteiger partial charge in [0.25, 0.3) is 5.91 Å². The summed E-state index contributed by atoms with van der Waals surface area (Å²) in [6.45, 7) is 7.84. The van der Waals surface area contributed by atoms with Gasteiger partial charge in [0.1, 0.15) is 0 Å². The molecule has 1 N–H and O–H groups in total. The van der Waals surface area contributed by atoms with Gasteiger partial charge in [-0.1, -0.05) is 35.4 Å². The van der Waals surface area contributed by atoms with E-state index in [2.05, 4.69) is 42.3 Å². The molecule has 2 aromatic rings. The summed E-state index contributed by atoms with van der Waals surface area (Å²) in [6, 6.07) is 11.9. The highest BCUT2D eigenvalue weighted by atomic mass is 35.5. The van der Waals surface area contributed by atoms with Gasteiger partial charge in [-0.2, -0.15) is 0 Å². The average Bonchev–Trinajstić information content (AvgIpc) is 3.13. The molecule has 2 aliphatic heterocycles. The van der Waals surface area contributed by atoms with E-state index in [0.29, 0.717) is 30.2 Å². The summed E-state index contributed by atoms with van der Waals surface area (Å²) in [6.07, 6.45) is 0.767. The van der Waals surface area contributed by atoms with Gasteiger partial charge in [0.15, 0.2) is 0 Å². The predicted octanol–water partition coefficient (Wildman–Crippen LogP) is 3.52. The zero-order valence-electron chi connectivity index (χ0n) is 16.9. The molecule has 1 unspecified atom stereocenters.